The summed E-state index contributed by atoms with van der Waals surface area (Å²) in [6.45, 7) is 1.79. The molecule has 9 heteroatoms. The van der Waals surface area contributed by atoms with E-state index in [1.165, 1.54) is 25.3 Å². The van der Waals surface area contributed by atoms with Gasteiger partial charge in [0.1, 0.15) is 11.9 Å². The highest BCUT2D eigenvalue weighted by Crippen LogP contribution is 2.64. The highest BCUT2D eigenvalue weighted by atomic mass is 35.5. The van der Waals surface area contributed by atoms with Gasteiger partial charge in [0.15, 0.2) is 0 Å². The SMILES string of the molecule is CO[P@](=O)(c1cc(C)cc(/C=C/C#N)c1)C1c2c(ccc(Cl)c2F)NC1C(N)=O. The molecule has 0 aromatic heterocycles. The standard InChI is InChI=1S/C20H18ClFN3O3P/c1-11-8-12(4-3-7-23)10-13(9-11)29(27,28-2)19-16-15(25-18(19)20(24)26)6-5-14(21)17(16)22/h3-6,8-10,18-19,25H,1-2H3,(H2,24,26)/b4-3+/t18?,19?,29-/m1/s1. The molecular formula is C20H18ClFN3O3P. The van der Waals surface area contributed by atoms with Crippen molar-refractivity contribution in [1.82, 2.24) is 0 Å². The summed E-state index contributed by atoms with van der Waals surface area (Å²) in [4.78, 5) is 12.1. The lowest BCUT2D eigenvalue weighted by atomic mass is 10.1. The van der Waals surface area contributed by atoms with Crippen LogP contribution < -0.4 is 16.4 Å². The molecule has 1 heterocycles. The highest BCUT2D eigenvalue weighted by Gasteiger charge is 2.50. The Morgan fingerprint density at radius 3 is 2.76 bits per heavy atom. The van der Waals surface area contributed by atoms with Gasteiger partial charge >= 0.3 is 0 Å². The van der Waals surface area contributed by atoms with Crippen LogP contribution in [0.2, 0.25) is 5.02 Å². The summed E-state index contributed by atoms with van der Waals surface area (Å²) in [7, 11) is -2.61. The van der Waals surface area contributed by atoms with E-state index in [4.69, 9.17) is 27.1 Å². The molecule has 3 N–H and O–H groups in total. The Bertz CT molecular complexity index is 1110. The molecule has 2 aromatic rings. The van der Waals surface area contributed by atoms with Gasteiger partial charge in [0, 0.05) is 29.7 Å². The minimum atomic E-state index is -3.85. The maximum Gasteiger partial charge on any atom is 0.241 e. The number of nitriles is 1. The molecule has 1 aliphatic rings. The molecule has 150 valence electrons. The summed E-state index contributed by atoms with van der Waals surface area (Å²) in [5.41, 5.74) is 5.99. The quantitative estimate of drug-likeness (QED) is 0.549. The van der Waals surface area contributed by atoms with Gasteiger partial charge in [0.2, 0.25) is 13.3 Å². The Morgan fingerprint density at radius 1 is 1.41 bits per heavy atom. The fourth-order valence-corrected chi connectivity index (χ4v) is 6.41. The van der Waals surface area contributed by atoms with Gasteiger partial charge in [-0.2, -0.15) is 5.26 Å². The van der Waals surface area contributed by atoms with Crippen LogP contribution >= 0.6 is 19.0 Å². The van der Waals surface area contributed by atoms with Gasteiger partial charge in [0.05, 0.1) is 16.8 Å². The van der Waals surface area contributed by atoms with E-state index in [0.717, 1.165) is 5.56 Å². The number of rotatable bonds is 5. The van der Waals surface area contributed by atoms with E-state index in [1.54, 1.807) is 31.2 Å². The molecule has 3 rings (SSSR count). The Labute approximate surface area is 172 Å². The van der Waals surface area contributed by atoms with E-state index in [9.17, 15) is 13.8 Å². The van der Waals surface area contributed by atoms with Crippen molar-refractivity contribution in [2.75, 3.05) is 12.4 Å². The molecule has 1 aliphatic heterocycles. The number of carbonyl (C=O) groups excluding carboxylic acids is 1. The molecule has 0 fully saturated rings. The zero-order valence-corrected chi connectivity index (χ0v) is 17.3. The fraction of sp³-hybridized carbons (Fsp3) is 0.200. The predicted molar refractivity (Wildman–Crippen MR) is 111 cm³/mol. The second-order valence-corrected chi connectivity index (χ2v) is 9.67. The summed E-state index contributed by atoms with van der Waals surface area (Å²) < 4.78 is 34.5. The van der Waals surface area contributed by atoms with E-state index >= 15 is 0 Å². The van der Waals surface area contributed by atoms with E-state index in [-0.39, 0.29) is 21.6 Å². The predicted octanol–water partition coefficient (Wildman–Crippen LogP) is 3.89. The number of nitrogens with two attached hydrogens (primary N) is 1. The minimum absolute atomic E-state index is 0.00195. The molecule has 3 atom stereocenters. The lowest BCUT2D eigenvalue weighted by Crippen LogP contribution is -2.37. The van der Waals surface area contributed by atoms with E-state index < -0.39 is 30.8 Å². The van der Waals surface area contributed by atoms with E-state index in [0.29, 0.717) is 5.56 Å². The Balaban J connectivity index is 2.26. The second-order valence-electron chi connectivity index (χ2n) is 6.64. The first-order valence-corrected chi connectivity index (χ1v) is 10.7. The van der Waals surface area contributed by atoms with Gasteiger partial charge in [-0.3, -0.25) is 9.36 Å². The van der Waals surface area contributed by atoms with Crippen LogP contribution in [0.3, 0.4) is 0 Å². The largest absolute Gasteiger partial charge is 0.372 e. The fourth-order valence-electron chi connectivity index (χ4n) is 3.57. The van der Waals surface area contributed by atoms with Crippen molar-refractivity contribution in [1.29, 1.82) is 5.26 Å². The van der Waals surface area contributed by atoms with E-state index in [1.807, 2.05) is 6.07 Å². The summed E-state index contributed by atoms with van der Waals surface area (Å²) in [5.74, 6) is -1.57. The van der Waals surface area contributed by atoms with Gasteiger partial charge in [-0.1, -0.05) is 17.7 Å². The number of amides is 1. The second kappa shape index (κ2) is 8.00. The molecule has 0 bridgehead atoms. The van der Waals surface area contributed by atoms with Gasteiger partial charge in [0.25, 0.3) is 0 Å². The first-order valence-electron chi connectivity index (χ1n) is 8.60. The molecule has 0 saturated carbocycles. The van der Waals surface area contributed by atoms with Crippen molar-refractivity contribution in [2.24, 2.45) is 5.73 Å². The van der Waals surface area contributed by atoms with Crippen LogP contribution in [0.5, 0.6) is 0 Å². The molecule has 1 amide bonds. The van der Waals surface area contributed by atoms with Crippen molar-refractivity contribution in [3.63, 3.8) is 0 Å². The van der Waals surface area contributed by atoms with Crippen molar-refractivity contribution in [2.45, 2.75) is 18.6 Å². The number of nitrogens with zero attached hydrogens (tertiary/aromatic N) is 1. The number of carbonyl (C=O) groups is 1. The third kappa shape index (κ3) is 3.67. The molecule has 0 spiro atoms. The zero-order valence-electron chi connectivity index (χ0n) is 15.6. The third-order valence-corrected chi connectivity index (χ3v) is 7.89. The number of nitrogens with one attached hydrogen (secondary N) is 1. The summed E-state index contributed by atoms with van der Waals surface area (Å²) in [6, 6.07) is 8.62. The van der Waals surface area contributed by atoms with Crippen molar-refractivity contribution < 1.29 is 18.3 Å². The third-order valence-electron chi connectivity index (χ3n) is 4.79. The number of aryl methyl sites for hydroxylation is 1. The Hall–Kier alpha value is -2.65. The molecule has 0 radical (unpaired) electrons. The summed E-state index contributed by atoms with van der Waals surface area (Å²) >= 11 is 5.94. The van der Waals surface area contributed by atoms with Crippen LogP contribution in [0, 0.1) is 24.1 Å². The number of hydrogen-bond acceptors (Lipinski definition) is 5. The average Bonchev–Trinajstić information content (AvgIpc) is 3.09. The van der Waals surface area contributed by atoms with Gasteiger partial charge in [-0.25, -0.2) is 4.39 Å². The maximum atomic E-state index is 14.9. The number of halogens is 2. The Morgan fingerprint density at radius 2 is 2.14 bits per heavy atom. The average molecular weight is 434 g/mol. The maximum absolute atomic E-state index is 14.9. The monoisotopic (exact) mass is 433 g/mol. The van der Waals surface area contributed by atoms with Crippen LogP contribution in [0.1, 0.15) is 22.3 Å². The van der Waals surface area contributed by atoms with Crippen molar-refractivity contribution in [3.8, 4) is 6.07 Å². The topological polar surface area (TPSA) is 105 Å². The first-order chi connectivity index (χ1) is 13.7. The number of fused-ring (bicyclic) bond motifs is 1. The lowest BCUT2D eigenvalue weighted by molar-refractivity contribution is -0.118. The van der Waals surface area contributed by atoms with E-state index in [2.05, 4.69) is 5.32 Å². The molecule has 2 unspecified atom stereocenters. The molecule has 2 aromatic carbocycles. The van der Waals surface area contributed by atoms with Crippen LogP contribution in [-0.2, 0) is 13.9 Å². The van der Waals surface area contributed by atoms with Crippen molar-refractivity contribution in [3.05, 3.63) is 63.9 Å². The van der Waals surface area contributed by atoms with Gasteiger partial charge < -0.3 is 15.6 Å². The highest BCUT2D eigenvalue weighted by molar-refractivity contribution is 7.67. The molecule has 0 saturated heterocycles. The van der Waals surface area contributed by atoms with Gasteiger partial charge in [-0.15, -0.1) is 0 Å². The molecular weight excluding hydrogens is 416 g/mol. The van der Waals surface area contributed by atoms with Crippen LogP contribution in [0.4, 0.5) is 10.1 Å². The lowest BCUT2D eigenvalue weighted by Gasteiger charge is -2.27. The molecule has 0 aliphatic carbocycles. The molecule has 6 nitrogen and oxygen atoms in total. The number of benzene rings is 2. The van der Waals surface area contributed by atoms with Crippen molar-refractivity contribution >= 4 is 41.9 Å². The summed E-state index contributed by atoms with van der Waals surface area (Å²) in [5, 5.41) is 11.7. The number of primary amides is 1. The number of hydrogen-bond donors (Lipinski definition) is 2. The normalized spacial score (nSPS) is 20.0. The minimum Gasteiger partial charge on any atom is -0.372 e. The van der Waals surface area contributed by atoms with Crippen LogP contribution in [-0.4, -0.2) is 19.1 Å². The first kappa shape index (κ1) is 21.1. The smallest absolute Gasteiger partial charge is 0.241 e. The van der Waals surface area contributed by atoms with Gasteiger partial charge in [-0.05, 0) is 48.4 Å². The van der Waals surface area contributed by atoms with Crippen LogP contribution in [0.25, 0.3) is 6.08 Å². The number of anilines is 1. The summed E-state index contributed by atoms with van der Waals surface area (Å²) in [6.07, 6.45) is 2.84. The van der Waals surface area contributed by atoms with Crippen LogP contribution in [0.15, 0.2) is 36.4 Å². The Kier molecular flexibility index (Phi) is 5.81. The zero-order chi connectivity index (χ0) is 21.3. The molecule has 29 heavy (non-hydrogen) atoms. The number of allylic oxidation sites excluding steroid dienone is 1.